The molecule has 0 amide bonds. The lowest BCUT2D eigenvalue weighted by atomic mass is 10.1. The quantitative estimate of drug-likeness (QED) is 0.280. The maximum atomic E-state index is 13.7. The van der Waals surface area contributed by atoms with Crippen molar-refractivity contribution >= 4 is 16.9 Å². The van der Waals surface area contributed by atoms with Gasteiger partial charge in [0.15, 0.2) is 0 Å². The third-order valence-corrected chi connectivity index (χ3v) is 6.99. The van der Waals surface area contributed by atoms with Crippen LogP contribution in [0.5, 0.6) is 5.75 Å². The minimum atomic E-state index is -0.266. The van der Waals surface area contributed by atoms with Gasteiger partial charge in [0.2, 0.25) is 5.95 Å². The number of ether oxygens (including phenoxy) is 1. The molecule has 0 aliphatic carbocycles. The Kier molecular flexibility index (Phi) is 6.08. The van der Waals surface area contributed by atoms with Crippen LogP contribution in [-0.2, 0) is 13.0 Å². The van der Waals surface area contributed by atoms with Crippen LogP contribution in [0.15, 0.2) is 67.0 Å². The highest BCUT2D eigenvalue weighted by Crippen LogP contribution is 2.40. The molecule has 0 spiro atoms. The molecule has 188 valence electrons. The largest absolute Gasteiger partial charge is 0.497 e. The second-order valence-electron chi connectivity index (χ2n) is 9.38. The Morgan fingerprint density at radius 2 is 1.95 bits per heavy atom. The number of imidazole rings is 1. The lowest BCUT2D eigenvalue weighted by Crippen LogP contribution is -2.14. The van der Waals surface area contributed by atoms with Gasteiger partial charge in [0, 0.05) is 43.5 Å². The third kappa shape index (κ3) is 4.33. The molecule has 1 N–H and O–H groups in total. The van der Waals surface area contributed by atoms with Crippen LogP contribution in [-0.4, -0.2) is 37.7 Å². The minimum Gasteiger partial charge on any atom is -0.497 e. The SMILES string of the molecule is CCCNc1nccc(-c2c(-c3ccc(F)cc3)nc3n2[C@H](Cn2ccc4ccc(OC)cc42)CC3)n1. The van der Waals surface area contributed by atoms with Gasteiger partial charge in [-0.2, -0.15) is 0 Å². The Morgan fingerprint density at radius 1 is 1.08 bits per heavy atom. The van der Waals surface area contributed by atoms with Gasteiger partial charge in [-0.1, -0.05) is 6.92 Å². The maximum Gasteiger partial charge on any atom is 0.223 e. The summed E-state index contributed by atoms with van der Waals surface area (Å²) in [4.78, 5) is 14.3. The molecule has 5 aromatic rings. The van der Waals surface area contributed by atoms with Crippen LogP contribution in [0.1, 0.15) is 31.6 Å². The van der Waals surface area contributed by atoms with E-state index in [2.05, 4.69) is 50.8 Å². The number of halogens is 1. The molecular formula is C29H29FN6O. The molecule has 0 unspecified atom stereocenters. The number of anilines is 1. The van der Waals surface area contributed by atoms with Gasteiger partial charge in [-0.25, -0.2) is 19.3 Å². The van der Waals surface area contributed by atoms with Gasteiger partial charge in [-0.05, 0) is 66.8 Å². The zero-order valence-electron chi connectivity index (χ0n) is 21.0. The summed E-state index contributed by atoms with van der Waals surface area (Å²) < 4.78 is 23.8. The van der Waals surface area contributed by atoms with Crippen LogP contribution in [0.3, 0.4) is 0 Å². The van der Waals surface area contributed by atoms with Crippen molar-refractivity contribution in [2.45, 2.75) is 38.8 Å². The first-order valence-electron chi connectivity index (χ1n) is 12.7. The van der Waals surface area contributed by atoms with Crippen LogP contribution in [0.4, 0.5) is 10.3 Å². The van der Waals surface area contributed by atoms with E-state index in [4.69, 9.17) is 14.7 Å². The van der Waals surface area contributed by atoms with Crippen LogP contribution in [0.25, 0.3) is 33.5 Å². The van der Waals surface area contributed by atoms with Crippen molar-refractivity contribution in [2.75, 3.05) is 19.0 Å². The zero-order chi connectivity index (χ0) is 25.4. The molecule has 0 bridgehead atoms. The second-order valence-corrected chi connectivity index (χ2v) is 9.38. The average Bonchev–Trinajstić information content (AvgIpc) is 3.62. The van der Waals surface area contributed by atoms with Crippen molar-refractivity contribution in [3.05, 3.63) is 78.6 Å². The summed E-state index contributed by atoms with van der Waals surface area (Å²) in [5.41, 5.74) is 4.58. The molecule has 0 saturated carbocycles. The minimum absolute atomic E-state index is 0.190. The Hall–Kier alpha value is -4.20. The fourth-order valence-electron chi connectivity index (χ4n) is 5.19. The molecule has 37 heavy (non-hydrogen) atoms. The van der Waals surface area contributed by atoms with E-state index in [1.165, 1.54) is 17.5 Å². The van der Waals surface area contributed by atoms with Gasteiger partial charge < -0.3 is 19.2 Å². The number of benzene rings is 2. The van der Waals surface area contributed by atoms with E-state index in [1.54, 1.807) is 25.4 Å². The highest BCUT2D eigenvalue weighted by Gasteiger charge is 2.31. The summed E-state index contributed by atoms with van der Waals surface area (Å²) in [6.45, 7) is 3.70. The highest BCUT2D eigenvalue weighted by molar-refractivity contribution is 5.82. The van der Waals surface area contributed by atoms with Gasteiger partial charge in [-0.15, -0.1) is 0 Å². The monoisotopic (exact) mass is 496 g/mol. The Bertz CT molecular complexity index is 1550. The van der Waals surface area contributed by atoms with Crippen molar-refractivity contribution in [2.24, 2.45) is 0 Å². The summed E-state index contributed by atoms with van der Waals surface area (Å²) in [5, 5.41) is 4.47. The number of nitrogens with zero attached hydrogens (tertiary/aromatic N) is 5. The fourth-order valence-corrected chi connectivity index (χ4v) is 5.19. The number of fused-ring (bicyclic) bond motifs is 2. The Balaban J connectivity index is 1.45. The molecule has 7 nitrogen and oxygen atoms in total. The zero-order valence-corrected chi connectivity index (χ0v) is 21.0. The molecule has 1 aliphatic heterocycles. The number of hydrogen-bond acceptors (Lipinski definition) is 5. The number of aromatic nitrogens is 5. The molecule has 3 aromatic heterocycles. The van der Waals surface area contributed by atoms with Crippen molar-refractivity contribution in [1.29, 1.82) is 0 Å². The molecule has 8 heteroatoms. The van der Waals surface area contributed by atoms with Crippen molar-refractivity contribution in [3.63, 3.8) is 0 Å². The summed E-state index contributed by atoms with van der Waals surface area (Å²) in [6.07, 6.45) is 6.75. The first kappa shape index (κ1) is 23.2. The van der Waals surface area contributed by atoms with Gasteiger partial charge in [-0.3, -0.25) is 0 Å². The summed E-state index contributed by atoms with van der Waals surface area (Å²) >= 11 is 0. The topological polar surface area (TPSA) is 69.8 Å². The molecule has 4 heterocycles. The van der Waals surface area contributed by atoms with Gasteiger partial charge >= 0.3 is 0 Å². The van der Waals surface area contributed by atoms with Crippen molar-refractivity contribution in [3.8, 4) is 28.4 Å². The molecule has 1 aliphatic rings. The van der Waals surface area contributed by atoms with Gasteiger partial charge in [0.25, 0.3) is 0 Å². The smallest absolute Gasteiger partial charge is 0.223 e. The van der Waals surface area contributed by atoms with E-state index >= 15 is 0 Å². The average molecular weight is 497 g/mol. The molecular weight excluding hydrogens is 467 g/mol. The van der Waals surface area contributed by atoms with E-state index in [0.29, 0.717) is 5.95 Å². The van der Waals surface area contributed by atoms with Gasteiger partial charge in [0.1, 0.15) is 17.4 Å². The number of hydrogen-bond donors (Lipinski definition) is 1. The van der Waals surface area contributed by atoms with Crippen molar-refractivity contribution < 1.29 is 9.13 Å². The number of aryl methyl sites for hydroxylation is 1. The van der Waals surface area contributed by atoms with Crippen LogP contribution >= 0.6 is 0 Å². The first-order valence-corrected chi connectivity index (χ1v) is 12.7. The summed E-state index contributed by atoms with van der Waals surface area (Å²) in [7, 11) is 1.69. The van der Waals surface area contributed by atoms with E-state index in [9.17, 15) is 4.39 Å². The molecule has 6 rings (SSSR count). The van der Waals surface area contributed by atoms with Crippen LogP contribution in [0, 0.1) is 5.82 Å². The molecule has 0 fully saturated rings. The lowest BCUT2D eigenvalue weighted by Gasteiger charge is -2.19. The van der Waals surface area contributed by atoms with Crippen LogP contribution in [0.2, 0.25) is 0 Å². The third-order valence-electron chi connectivity index (χ3n) is 6.99. The number of nitrogens with one attached hydrogen (secondary N) is 1. The van der Waals surface area contributed by atoms with E-state index in [0.717, 1.165) is 72.1 Å². The molecule has 1 atom stereocenters. The molecule has 0 saturated heterocycles. The predicted molar refractivity (Wildman–Crippen MR) is 143 cm³/mol. The summed E-state index contributed by atoms with van der Waals surface area (Å²) in [6, 6.07) is 17.0. The lowest BCUT2D eigenvalue weighted by molar-refractivity contribution is 0.414. The Labute approximate surface area is 215 Å². The molecule has 2 aromatic carbocycles. The summed E-state index contributed by atoms with van der Waals surface area (Å²) in [5.74, 6) is 2.19. The maximum absolute atomic E-state index is 13.7. The highest BCUT2D eigenvalue weighted by atomic mass is 19.1. The Morgan fingerprint density at radius 3 is 2.76 bits per heavy atom. The van der Waals surface area contributed by atoms with E-state index < -0.39 is 0 Å². The standard InChI is InChI=1S/C29H29FN6O/c1-3-14-31-29-32-15-12-24(33-29)28-27(20-4-7-21(30)8-5-20)34-26-11-9-22(36(26)28)18-35-16-13-19-6-10-23(37-2)17-25(19)35/h4-8,10,12-13,15-17,22H,3,9,11,14,18H2,1-2H3,(H,31,32,33)/t22-/m0/s1. The normalized spacial score (nSPS) is 14.7. The number of methoxy groups -OCH3 is 1. The van der Waals surface area contributed by atoms with Gasteiger partial charge in [0.05, 0.1) is 35.8 Å². The van der Waals surface area contributed by atoms with Crippen molar-refractivity contribution in [1.82, 2.24) is 24.1 Å². The fraction of sp³-hybridized carbons (Fsp3) is 0.276. The first-order chi connectivity index (χ1) is 18.1. The van der Waals surface area contributed by atoms with Crippen LogP contribution < -0.4 is 10.1 Å². The van der Waals surface area contributed by atoms with E-state index in [1.807, 2.05) is 12.1 Å². The number of rotatable bonds is 8. The molecule has 0 radical (unpaired) electrons. The van der Waals surface area contributed by atoms with E-state index in [-0.39, 0.29) is 11.9 Å². The predicted octanol–water partition coefficient (Wildman–Crippen LogP) is 6.12. The second kappa shape index (κ2) is 9.69.